The van der Waals surface area contributed by atoms with Crippen molar-refractivity contribution in [1.82, 2.24) is 0 Å². The number of hydrogen-bond acceptors (Lipinski definition) is 1. The van der Waals surface area contributed by atoms with Gasteiger partial charge >= 0.3 is 0 Å². The molecule has 0 aromatic heterocycles. The summed E-state index contributed by atoms with van der Waals surface area (Å²) in [7, 11) is 0. The van der Waals surface area contributed by atoms with Gasteiger partial charge in [0.2, 0.25) is 5.91 Å². The van der Waals surface area contributed by atoms with Crippen LogP contribution in [0.4, 0.5) is 10.1 Å². The second kappa shape index (κ2) is 4.83. The number of carbonyl (C=O) groups is 1. The molecule has 1 heterocycles. The highest BCUT2D eigenvalue weighted by molar-refractivity contribution is 9.10. The van der Waals surface area contributed by atoms with Gasteiger partial charge in [0, 0.05) is 4.47 Å². The van der Waals surface area contributed by atoms with Gasteiger partial charge in [0.15, 0.2) is 0 Å². The Bertz CT molecular complexity index is 560. The zero-order valence-electron chi connectivity index (χ0n) is 11.8. The number of nitrogens with one attached hydrogen (secondary N) is 1. The molecule has 1 saturated carbocycles. The van der Waals surface area contributed by atoms with Crippen molar-refractivity contribution < 1.29 is 9.18 Å². The van der Waals surface area contributed by atoms with E-state index in [0.717, 1.165) is 36.9 Å². The van der Waals surface area contributed by atoms with Crippen LogP contribution in [-0.2, 0) is 4.79 Å². The third-order valence-electron chi connectivity index (χ3n) is 4.81. The molecule has 1 aromatic carbocycles. The zero-order chi connectivity index (χ0) is 14.5. The van der Waals surface area contributed by atoms with Crippen LogP contribution in [0.2, 0.25) is 0 Å². The molecule has 0 spiro atoms. The van der Waals surface area contributed by atoms with Crippen LogP contribution < -0.4 is 5.32 Å². The van der Waals surface area contributed by atoms with Gasteiger partial charge in [-0.1, -0.05) is 13.8 Å². The van der Waals surface area contributed by atoms with E-state index in [1.54, 1.807) is 0 Å². The first-order chi connectivity index (χ1) is 9.37. The van der Waals surface area contributed by atoms with Gasteiger partial charge in [0.25, 0.3) is 0 Å². The molecule has 4 heteroatoms. The Balaban J connectivity index is 1.91. The second-order valence-corrected chi connectivity index (χ2v) is 7.67. The molecular formula is C16H19BrFNO. The van der Waals surface area contributed by atoms with Gasteiger partial charge in [-0.3, -0.25) is 4.79 Å². The summed E-state index contributed by atoms with van der Waals surface area (Å²) in [6, 6.07) is 2.92. The van der Waals surface area contributed by atoms with Crippen LogP contribution in [-0.4, -0.2) is 5.91 Å². The maximum Gasteiger partial charge on any atom is 0.232 e. The van der Waals surface area contributed by atoms with Crippen LogP contribution in [0.25, 0.3) is 0 Å². The Morgan fingerprint density at radius 2 is 1.95 bits per heavy atom. The molecule has 20 heavy (non-hydrogen) atoms. The maximum atomic E-state index is 13.6. The van der Waals surface area contributed by atoms with Crippen LogP contribution in [0.15, 0.2) is 16.6 Å². The van der Waals surface area contributed by atoms with Gasteiger partial charge in [-0.25, -0.2) is 4.39 Å². The molecule has 1 aliphatic carbocycles. The molecule has 1 aliphatic heterocycles. The van der Waals surface area contributed by atoms with E-state index in [4.69, 9.17) is 0 Å². The predicted molar refractivity (Wildman–Crippen MR) is 81.2 cm³/mol. The van der Waals surface area contributed by atoms with E-state index in [1.807, 2.05) is 0 Å². The first kappa shape index (κ1) is 14.1. The third-order valence-corrected chi connectivity index (χ3v) is 5.43. The quantitative estimate of drug-likeness (QED) is 0.779. The van der Waals surface area contributed by atoms with Crippen LogP contribution in [0.1, 0.15) is 51.0 Å². The van der Waals surface area contributed by atoms with Crippen molar-refractivity contribution >= 4 is 27.5 Å². The lowest BCUT2D eigenvalue weighted by Gasteiger charge is -2.36. The Hall–Kier alpha value is -0.900. The van der Waals surface area contributed by atoms with Crippen molar-refractivity contribution in [3.8, 4) is 0 Å². The molecule has 1 fully saturated rings. The molecule has 1 atom stereocenters. The molecule has 3 rings (SSSR count). The van der Waals surface area contributed by atoms with Gasteiger partial charge in [0.1, 0.15) is 5.82 Å². The highest BCUT2D eigenvalue weighted by Crippen LogP contribution is 2.48. The van der Waals surface area contributed by atoms with E-state index in [0.29, 0.717) is 15.8 Å². The van der Waals surface area contributed by atoms with E-state index < -0.39 is 0 Å². The monoisotopic (exact) mass is 339 g/mol. The van der Waals surface area contributed by atoms with Crippen LogP contribution in [0.5, 0.6) is 0 Å². The van der Waals surface area contributed by atoms with Crippen molar-refractivity contribution in [2.45, 2.75) is 45.4 Å². The summed E-state index contributed by atoms with van der Waals surface area (Å²) in [5.74, 6) is -0.115. The molecule has 1 unspecified atom stereocenters. The zero-order valence-corrected chi connectivity index (χ0v) is 13.4. The highest BCUT2D eigenvalue weighted by atomic mass is 79.9. The Kier molecular flexibility index (Phi) is 3.39. The van der Waals surface area contributed by atoms with Crippen LogP contribution in [0, 0.1) is 17.2 Å². The molecule has 0 saturated heterocycles. The molecule has 1 N–H and O–H groups in total. The maximum absolute atomic E-state index is 13.6. The minimum Gasteiger partial charge on any atom is -0.324 e. The second-order valence-electron chi connectivity index (χ2n) is 6.82. The SMILES string of the molecule is CC1(C)CCC(C2C(=O)Nc3c(Br)cc(F)cc32)CC1. The van der Waals surface area contributed by atoms with Gasteiger partial charge in [-0.15, -0.1) is 0 Å². The Morgan fingerprint density at radius 1 is 1.30 bits per heavy atom. The lowest BCUT2D eigenvalue weighted by atomic mass is 9.68. The average molecular weight is 340 g/mol. The summed E-state index contributed by atoms with van der Waals surface area (Å²) in [5.41, 5.74) is 1.95. The number of anilines is 1. The fraction of sp³-hybridized carbons (Fsp3) is 0.562. The third kappa shape index (κ3) is 2.39. The topological polar surface area (TPSA) is 29.1 Å². The van der Waals surface area contributed by atoms with E-state index in [2.05, 4.69) is 35.1 Å². The lowest BCUT2D eigenvalue weighted by Crippen LogP contribution is -2.28. The number of benzene rings is 1. The molecule has 2 aliphatic rings. The molecular weight excluding hydrogens is 321 g/mol. The van der Waals surface area contributed by atoms with Gasteiger partial charge in [-0.05, 0) is 70.6 Å². The van der Waals surface area contributed by atoms with Crippen molar-refractivity contribution in [1.29, 1.82) is 0 Å². The molecule has 108 valence electrons. The number of rotatable bonds is 1. The van der Waals surface area contributed by atoms with Gasteiger partial charge < -0.3 is 5.32 Å². The summed E-state index contributed by atoms with van der Waals surface area (Å²) in [6.45, 7) is 4.56. The summed E-state index contributed by atoms with van der Waals surface area (Å²) < 4.78 is 14.3. The van der Waals surface area contributed by atoms with Crippen LogP contribution in [0.3, 0.4) is 0 Å². The predicted octanol–water partition coefficient (Wildman–Crippen LogP) is 4.84. The average Bonchev–Trinajstić information content (AvgIpc) is 2.67. The number of fused-ring (bicyclic) bond motifs is 1. The number of halogens is 2. The molecule has 0 radical (unpaired) electrons. The number of hydrogen-bond donors (Lipinski definition) is 1. The standard InChI is InChI=1S/C16H19BrFNO/c1-16(2)5-3-9(4-6-16)13-11-7-10(18)8-12(17)14(11)19-15(13)20/h7-9,13H,3-6H2,1-2H3,(H,19,20). The molecule has 1 amide bonds. The minimum absolute atomic E-state index is 0.0241. The first-order valence-electron chi connectivity index (χ1n) is 7.17. The highest BCUT2D eigenvalue weighted by Gasteiger charge is 2.40. The largest absolute Gasteiger partial charge is 0.324 e. The van der Waals surface area contributed by atoms with Gasteiger partial charge in [-0.2, -0.15) is 0 Å². The minimum atomic E-state index is -0.284. The van der Waals surface area contributed by atoms with E-state index >= 15 is 0 Å². The van der Waals surface area contributed by atoms with E-state index in [1.165, 1.54) is 12.1 Å². The Morgan fingerprint density at radius 3 is 2.60 bits per heavy atom. The van der Waals surface area contributed by atoms with Crippen LogP contribution >= 0.6 is 15.9 Å². The smallest absolute Gasteiger partial charge is 0.232 e. The molecule has 1 aromatic rings. The van der Waals surface area contributed by atoms with Crippen molar-refractivity contribution in [2.24, 2.45) is 11.3 Å². The summed E-state index contributed by atoms with van der Waals surface area (Å²) >= 11 is 3.34. The van der Waals surface area contributed by atoms with Crippen molar-refractivity contribution in [3.05, 3.63) is 28.0 Å². The molecule has 2 nitrogen and oxygen atoms in total. The number of amides is 1. The normalized spacial score (nSPS) is 25.4. The van der Waals surface area contributed by atoms with E-state index in [-0.39, 0.29) is 17.6 Å². The summed E-state index contributed by atoms with van der Waals surface area (Å²) in [5, 5.41) is 2.91. The fourth-order valence-corrected chi connectivity index (χ4v) is 4.08. The number of carbonyl (C=O) groups excluding carboxylic acids is 1. The van der Waals surface area contributed by atoms with Crippen molar-refractivity contribution in [3.63, 3.8) is 0 Å². The van der Waals surface area contributed by atoms with Crippen molar-refractivity contribution in [2.75, 3.05) is 5.32 Å². The molecule has 0 bridgehead atoms. The van der Waals surface area contributed by atoms with E-state index in [9.17, 15) is 9.18 Å². The summed E-state index contributed by atoms with van der Waals surface area (Å²) in [6.07, 6.45) is 4.35. The summed E-state index contributed by atoms with van der Waals surface area (Å²) in [4.78, 5) is 12.3. The Labute approximate surface area is 127 Å². The first-order valence-corrected chi connectivity index (χ1v) is 7.96. The lowest BCUT2D eigenvalue weighted by molar-refractivity contribution is -0.118. The fourth-order valence-electron chi connectivity index (χ4n) is 3.54. The van der Waals surface area contributed by atoms with Gasteiger partial charge in [0.05, 0.1) is 11.6 Å².